The van der Waals surface area contributed by atoms with Crippen molar-refractivity contribution in [3.8, 4) is 10.4 Å². The summed E-state index contributed by atoms with van der Waals surface area (Å²) < 4.78 is 4.95. The van der Waals surface area contributed by atoms with Crippen molar-refractivity contribution in [2.24, 2.45) is 0 Å². The Hall–Kier alpha value is -1.92. The van der Waals surface area contributed by atoms with Crippen LogP contribution in [0.3, 0.4) is 0 Å². The molecule has 1 aromatic carbocycles. The summed E-state index contributed by atoms with van der Waals surface area (Å²) in [4.78, 5) is 22.2. The number of aromatic nitrogens is 2. The molecule has 0 bridgehead atoms. The zero-order valence-electron chi connectivity index (χ0n) is 12.0. The van der Waals surface area contributed by atoms with Gasteiger partial charge in [-0.25, -0.2) is 9.97 Å². The third-order valence-electron chi connectivity index (χ3n) is 2.98. The van der Waals surface area contributed by atoms with Crippen LogP contribution in [0.25, 0.3) is 20.7 Å². The quantitative estimate of drug-likeness (QED) is 0.402. The lowest BCUT2D eigenvalue weighted by molar-refractivity contribution is -0.139. The number of carbonyl (C=O) groups excluding carboxylic acids is 1. The summed E-state index contributed by atoms with van der Waals surface area (Å²) in [5, 5.41) is 1.80. The fourth-order valence-corrected chi connectivity index (χ4v) is 3.86. The zero-order chi connectivity index (χ0) is 15.4. The first kappa shape index (κ1) is 15.0. The van der Waals surface area contributed by atoms with Gasteiger partial charge in [-0.3, -0.25) is 4.79 Å². The van der Waals surface area contributed by atoms with Gasteiger partial charge in [-0.05, 0) is 18.6 Å². The highest BCUT2D eigenvalue weighted by atomic mass is 32.2. The molecule has 0 amide bonds. The number of rotatable bonds is 5. The highest BCUT2D eigenvalue weighted by Gasteiger charge is 2.12. The first-order valence-corrected chi connectivity index (χ1v) is 8.66. The van der Waals surface area contributed by atoms with E-state index in [0.29, 0.717) is 6.61 Å². The van der Waals surface area contributed by atoms with Crippen molar-refractivity contribution in [1.29, 1.82) is 0 Å². The molecule has 0 atom stereocenters. The molecule has 112 valence electrons. The molecule has 0 spiro atoms. The standard InChI is InChI=1S/C16H14N2O2S2/c1-2-20-14(19)9-21-15-12-8-13(11-6-4-3-5-7-11)22-16(12)18-10-17-15/h3-8,10H,2,9H2,1H3. The molecule has 0 radical (unpaired) electrons. The monoisotopic (exact) mass is 330 g/mol. The van der Waals surface area contributed by atoms with Gasteiger partial charge in [-0.1, -0.05) is 42.1 Å². The molecular weight excluding hydrogens is 316 g/mol. The van der Waals surface area contributed by atoms with Crippen LogP contribution in [0.4, 0.5) is 0 Å². The number of thiophene rings is 1. The summed E-state index contributed by atoms with van der Waals surface area (Å²) in [6, 6.07) is 12.3. The minimum Gasteiger partial charge on any atom is -0.465 e. The molecule has 0 saturated carbocycles. The molecular formula is C16H14N2O2S2. The van der Waals surface area contributed by atoms with Crippen LogP contribution in [0.2, 0.25) is 0 Å². The van der Waals surface area contributed by atoms with Crippen molar-refractivity contribution >= 4 is 39.3 Å². The van der Waals surface area contributed by atoms with E-state index in [9.17, 15) is 4.79 Å². The smallest absolute Gasteiger partial charge is 0.316 e. The van der Waals surface area contributed by atoms with Gasteiger partial charge in [0.2, 0.25) is 0 Å². The summed E-state index contributed by atoms with van der Waals surface area (Å²) in [6.45, 7) is 2.20. The average Bonchev–Trinajstić information content (AvgIpc) is 2.99. The lowest BCUT2D eigenvalue weighted by Crippen LogP contribution is -2.06. The van der Waals surface area contributed by atoms with E-state index in [4.69, 9.17) is 4.74 Å². The fraction of sp³-hybridized carbons (Fsp3) is 0.188. The van der Waals surface area contributed by atoms with Crippen LogP contribution in [0.1, 0.15) is 6.92 Å². The van der Waals surface area contributed by atoms with Crippen LogP contribution in [0, 0.1) is 0 Å². The summed E-state index contributed by atoms with van der Waals surface area (Å²) in [5.74, 6) is 0.0361. The number of carbonyl (C=O) groups is 1. The predicted molar refractivity (Wildman–Crippen MR) is 90.2 cm³/mol. The molecule has 6 heteroatoms. The van der Waals surface area contributed by atoms with E-state index in [1.807, 2.05) is 18.2 Å². The minimum atomic E-state index is -0.224. The van der Waals surface area contributed by atoms with Gasteiger partial charge in [0.05, 0.1) is 12.4 Å². The number of benzene rings is 1. The molecule has 2 heterocycles. The summed E-state index contributed by atoms with van der Waals surface area (Å²) in [7, 11) is 0. The van der Waals surface area contributed by atoms with Crippen molar-refractivity contribution in [1.82, 2.24) is 9.97 Å². The van der Waals surface area contributed by atoms with Crippen molar-refractivity contribution in [2.45, 2.75) is 11.9 Å². The maximum absolute atomic E-state index is 11.5. The second kappa shape index (κ2) is 6.89. The van der Waals surface area contributed by atoms with Gasteiger partial charge in [-0.15, -0.1) is 11.3 Å². The third kappa shape index (κ3) is 3.28. The molecule has 0 fully saturated rings. The maximum Gasteiger partial charge on any atom is 0.316 e. The van der Waals surface area contributed by atoms with E-state index in [1.54, 1.807) is 24.6 Å². The Labute approximate surface area is 136 Å². The zero-order valence-corrected chi connectivity index (χ0v) is 13.6. The average molecular weight is 330 g/mol. The topological polar surface area (TPSA) is 52.1 Å². The number of ether oxygens (including phenoxy) is 1. The lowest BCUT2D eigenvalue weighted by atomic mass is 10.2. The van der Waals surface area contributed by atoms with Crippen LogP contribution in [0.15, 0.2) is 47.8 Å². The van der Waals surface area contributed by atoms with Crippen LogP contribution in [-0.4, -0.2) is 28.3 Å². The van der Waals surface area contributed by atoms with Gasteiger partial charge in [0.1, 0.15) is 16.2 Å². The number of nitrogens with zero attached hydrogens (tertiary/aromatic N) is 2. The molecule has 0 N–H and O–H groups in total. The molecule has 2 aromatic heterocycles. The predicted octanol–water partition coefficient (Wildman–Crippen LogP) is 4.01. The lowest BCUT2D eigenvalue weighted by Gasteiger charge is -2.02. The van der Waals surface area contributed by atoms with Crippen LogP contribution in [0.5, 0.6) is 0 Å². The number of hydrogen-bond donors (Lipinski definition) is 0. The summed E-state index contributed by atoms with van der Waals surface area (Å²) in [5.41, 5.74) is 1.16. The van der Waals surface area contributed by atoms with Gasteiger partial charge < -0.3 is 4.74 Å². The van der Waals surface area contributed by atoms with Gasteiger partial charge in [0.25, 0.3) is 0 Å². The second-order valence-electron chi connectivity index (χ2n) is 4.47. The van der Waals surface area contributed by atoms with Crippen LogP contribution < -0.4 is 0 Å². The Morgan fingerprint density at radius 2 is 2.09 bits per heavy atom. The first-order valence-electron chi connectivity index (χ1n) is 6.86. The number of fused-ring (bicyclic) bond motifs is 1. The molecule has 4 nitrogen and oxygen atoms in total. The van der Waals surface area contributed by atoms with Crippen molar-refractivity contribution in [3.05, 3.63) is 42.7 Å². The molecule has 0 saturated heterocycles. The highest BCUT2D eigenvalue weighted by Crippen LogP contribution is 2.35. The number of esters is 1. The largest absolute Gasteiger partial charge is 0.465 e. The van der Waals surface area contributed by atoms with Crippen LogP contribution in [-0.2, 0) is 9.53 Å². The van der Waals surface area contributed by atoms with E-state index in [-0.39, 0.29) is 11.7 Å². The SMILES string of the molecule is CCOC(=O)CSc1ncnc2sc(-c3ccccc3)cc12. The van der Waals surface area contributed by atoms with Crippen molar-refractivity contribution < 1.29 is 9.53 Å². The molecule has 0 aliphatic carbocycles. The first-order chi connectivity index (χ1) is 10.8. The Kier molecular flexibility index (Phi) is 4.70. The van der Waals surface area contributed by atoms with E-state index < -0.39 is 0 Å². The van der Waals surface area contributed by atoms with Crippen molar-refractivity contribution in [2.75, 3.05) is 12.4 Å². The molecule has 22 heavy (non-hydrogen) atoms. The molecule has 3 rings (SSSR count). The van der Waals surface area contributed by atoms with Gasteiger partial charge in [0, 0.05) is 10.3 Å². The summed E-state index contributed by atoms with van der Waals surface area (Å²) >= 11 is 3.02. The fourth-order valence-electron chi connectivity index (χ4n) is 2.02. The van der Waals surface area contributed by atoms with E-state index in [0.717, 1.165) is 25.7 Å². The van der Waals surface area contributed by atoms with Crippen LogP contribution >= 0.6 is 23.1 Å². The molecule has 0 aliphatic heterocycles. The highest BCUT2D eigenvalue weighted by molar-refractivity contribution is 8.00. The van der Waals surface area contributed by atoms with Crippen molar-refractivity contribution in [3.63, 3.8) is 0 Å². The van der Waals surface area contributed by atoms with Gasteiger partial charge >= 0.3 is 5.97 Å². The molecule has 0 unspecified atom stereocenters. The molecule has 0 aliphatic rings. The Morgan fingerprint density at radius 3 is 2.86 bits per heavy atom. The summed E-state index contributed by atoms with van der Waals surface area (Å²) in [6.07, 6.45) is 1.54. The number of hydrogen-bond acceptors (Lipinski definition) is 6. The van der Waals surface area contributed by atoms with E-state index in [1.165, 1.54) is 11.8 Å². The Bertz CT molecular complexity index is 787. The molecule has 3 aromatic rings. The Morgan fingerprint density at radius 1 is 1.27 bits per heavy atom. The van der Waals surface area contributed by atoms with Gasteiger partial charge in [0.15, 0.2) is 0 Å². The van der Waals surface area contributed by atoms with Gasteiger partial charge in [-0.2, -0.15) is 0 Å². The minimum absolute atomic E-state index is 0.224. The third-order valence-corrected chi connectivity index (χ3v) is 5.05. The van der Waals surface area contributed by atoms with E-state index >= 15 is 0 Å². The Balaban J connectivity index is 1.89. The second-order valence-corrected chi connectivity index (χ2v) is 6.46. The maximum atomic E-state index is 11.5. The number of thioether (sulfide) groups is 1. The van der Waals surface area contributed by atoms with E-state index in [2.05, 4.69) is 28.2 Å². The normalized spacial score (nSPS) is 10.8.